The number of hydrogen-bond donors (Lipinski definition) is 2. The van der Waals surface area contributed by atoms with Crippen LogP contribution in [0, 0.1) is 11.2 Å². The summed E-state index contributed by atoms with van der Waals surface area (Å²) in [4.78, 5) is 24.3. The Hall–Kier alpha value is -1.62. The van der Waals surface area contributed by atoms with E-state index in [0.29, 0.717) is 18.5 Å². The van der Waals surface area contributed by atoms with Gasteiger partial charge in [0, 0.05) is 11.7 Å². The van der Waals surface area contributed by atoms with Crippen LogP contribution in [0.15, 0.2) is 18.2 Å². The minimum absolute atomic E-state index is 0.0601. The Kier molecular flexibility index (Phi) is 3.17. The zero-order valence-electron chi connectivity index (χ0n) is 10.7. The van der Waals surface area contributed by atoms with Crippen LogP contribution in [0.5, 0.6) is 0 Å². The Balaban J connectivity index is 1.68. The summed E-state index contributed by atoms with van der Waals surface area (Å²) < 4.78 is 13.1. The second-order valence-corrected chi connectivity index (χ2v) is 5.82. The number of benzene rings is 1. The minimum Gasteiger partial charge on any atom is -0.352 e. The quantitative estimate of drug-likeness (QED) is 0.839. The number of halogens is 2. The zero-order chi connectivity index (χ0) is 14.3. The summed E-state index contributed by atoms with van der Waals surface area (Å²) in [5.41, 5.74) is -0.560. The average Bonchev–Trinajstić information content (AvgIpc) is 3.25. The number of hydrogen-bond acceptors (Lipinski definition) is 2. The Morgan fingerprint density at radius 1 is 1.25 bits per heavy atom. The zero-order valence-corrected chi connectivity index (χ0v) is 11.5. The van der Waals surface area contributed by atoms with Gasteiger partial charge in [0.05, 0.1) is 5.02 Å². The molecule has 0 atom stereocenters. The summed E-state index contributed by atoms with van der Waals surface area (Å²) in [5, 5.41) is 5.43. The molecule has 2 N–H and O–H groups in total. The van der Waals surface area contributed by atoms with Crippen LogP contribution in [-0.2, 0) is 9.59 Å². The maximum atomic E-state index is 13.1. The number of rotatable bonds is 4. The van der Waals surface area contributed by atoms with Crippen molar-refractivity contribution in [2.24, 2.45) is 5.41 Å². The monoisotopic (exact) mass is 296 g/mol. The lowest BCUT2D eigenvalue weighted by molar-refractivity contribution is -0.134. The van der Waals surface area contributed by atoms with Crippen LogP contribution in [0.25, 0.3) is 0 Å². The van der Waals surface area contributed by atoms with Crippen molar-refractivity contribution < 1.29 is 14.0 Å². The summed E-state index contributed by atoms with van der Waals surface area (Å²) in [5.74, 6) is -1.10. The third kappa shape index (κ3) is 2.50. The van der Waals surface area contributed by atoms with Gasteiger partial charge in [-0.15, -0.1) is 0 Å². The number of nitrogens with one attached hydrogen (secondary N) is 2. The maximum absolute atomic E-state index is 13.1. The van der Waals surface area contributed by atoms with Crippen molar-refractivity contribution in [2.45, 2.75) is 31.7 Å². The Labute approximate surface area is 120 Å². The van der Waals surface area contributed by atoms with E-state index in [4.69, 9.17) is 11.6 Å². The van der Waals surface area contributed by atoms with Crippen LogP contribution < -0.4 is 10.6 Å². The highest BCUT2D eigenvalue weighted by Gasteiger charge is 2.57. The van der Waals surface area contributed by atoms with Crippen molar-refractivity contribution in [3.63, 3.8) is 0 Å². The van der Waals surface area contributed by atoms with E-state index in [1.807, 2.05) is 0 Å². The fourth-order valence-electron chi connectivity index (χ4n) is 2.06. The molecule has 0 aromatic heterocycles. The summed E-state index contributed by atoms with van der Waals surface area (Å²) in [7, 11) is 0. The van der Waals surface area contributed by atoms with E-state index in [1.165, 1.54) is 18.2 Å². The molecule has 0 aliphatic heterocycles. The van der Waals surface area contributed by atoms with Gasteiger partial charge in [0.1, 0.15) is 11.2 Å². The topological polar surface area (TPSA) is 58.2 Å². The minimum atomic E-state index is -0.955. The lowest BCUT2D eigenvalue weighted by Gasteiger charge is -2.15. The van der Waals surface area contributed by atoms with Gasteiger partial charge in [0.2, 0.25) is 11.8 Å². The smallest absolute Gasteiger partial charge is 0.240 e. The van der Waals surface area contributed by atoms with E-state index in [2.05, 4.69) is 10.6 Å². The highest BCUT2D eigenvalue weighted by molar-refractivity contribution is 6.31. The molecule has 20 heavy (non-hydrogen) atoms. The highest BCUT2D eigenvalue weighted by Crippen LogP contribution is 2.47. The normalized spacial score (nSPS) is 19.3. The van der Waals surface area contributed by atoms with Crippen LogP contribution in [0.1, 0.15) is 25.7 Å². The molecule has 0 heterocycles. The molecule has 2 aliphatic carbocycles. The summed E-state index contributed by atoms with van der Waals surface area (Å²) in [6, 6.07) is 4.17. The number of amides is 2. The van der Waals surface area contributed by atoms with Gasteiger partial charge in [-0.25, -0.2) is 4.39 Å². The molecule has 4 nitrogen and oxygen atoms in total. The summed E-state index contributed by atoms with van der Waals surface area (Å²) in [6.45, 7) is 0. The number of anilines is 1. The average molecular weight is 297 g/mol. The van der Waals surface area contributed by atoms with Crippen LogP contribution in [0.4, 0.5) is 10.1 Å². The molecule has 2 amide bonds. The first-order valence-corrected chi connectivity index (χ1v) is 6.96. The van der Waals surface area contributed by atoms with E-state index >= 15 is 0 Å². The van der Waals surface area contributed by atoms with Crippen molar-refractivity contribution in [3.8, 4) is 0 Å². The molecule has 0 radical (unpaired) electrons. The van der Waals surface area contributed by atoms with E-state index in [0.717, 1.165) is 12.8 Å². The SMILES string of the molecule is O=C(Nc1ccc(F)c(Cl)c1)C1(C(=O)NC2CC2)CC1. The van der Waals surface area contributed by atoms with Crippen LogP contribution in [0.2, 0.25) is 5.02 Å². The van der Waals surface area contributed by atoms with Gasteiger partial charge >= 0.3 is 0 Å². The molecule has 1 aromatic carbocycles. The molecule has 0 saturated heterocycles. The molecule has 0 bridgehead atoms. The second kappa shape index (κ2) is 4.74. The third-order valence-electron chi connectivity index (χ3n) is 3.71. The van der Waals surface area contributed by atoms with Gasteiger partial charge in [-0.3, -0.25) is 9.59 Å². The van der Waals surface area contributed by atoms with Gasteiger partial charge in [-0.05, 0) is 43.9 Å². The van der Waals surface area contributed by atoms with E-state index < -0.39 is 11.2 Å². The van der Waals surface area contributed by atoms with Crippen molar-refractivity contribution in [1.29, 1.82) is 0 Å². The Bertz CT molecular complexity index is 583. The second-order valence-electron chi connectivity index (χ2n) is 5.41. The van der Waals surface area contributed by atoms with Crippen molar-refractivity contribution in [2.75, 3.05) is 5.32 Å². The molecule has 2 aliphatic rings. The van der Waals surface area contributed by atoms with Gasteiger partial charge in [-0.2, -0.15) is 0 Å². The molecular weight excluding hydrogens is 283 g/mol. The Morgan fingerprint density at radius 3 is 2.50 bits per heavy atom. The standard InChI is InChI=1S/C14H14ClFN2O2/c15-10-7-9(3-4-11(10)16)18-13(20)14(5-6-14)12(19)17-8-1-2-8/h3-4,7-8H,1-2,5-6H2,(H,17,19)(H,18,20). The van der Waals surface area contributed by atoms with Gasteiger partial charge < -0.3 is 10.6 Å². The predicted molar refractivity (Wildman–Crippen MR) is 72.9 cm³/mol. The molecule has 1 aromatic rings. The molecule has 6 heteroatoms. The van der Waals surface area contributed by atoms with Crippen LogP contribution >= 0.6 is 11.6 Å². The fourth-order valence-corrected chi connectivity index (χ4v) is 2.24. The summed E-state index contributed by atoms with van der Waals surface area (Å²) >= 11 is 5.66. The van der Waals surface area contributed by atoms with Gasteiger partial charge in [0.15, 0.2) is 0 Å². The number of carbonyl (C=O) groups excluding carboxylic acids is 2. The molecule has 106 valence electrons. The van der Waals surface area contributed by atoms with Crippen LogP contribution in [0.3, 0.4) is 0 Å². The third-order valence-corrected chi connectivity index (χ3v) is 4.00. The maximum Gasteiger partial charge on any atom is 0.240 e. The number of carbonyl (C=O) groups is 2. The molecule has 2 saturated carbocycles. The Morgan fingerprint density at radius 2 is 1.95 bits per heavy atom. The lowest BCUT2D eigenvalue weighted by Crippen LogP contribution is -2.40. The molecular formula is C14H14ClFN2O2. The van der Waals surface area contributed by atoms with Crippen molar-refractivity contribution in [3.05, 3.63) is 29.0 Å². The van der Waals surface area contributed by atoms with Crippen molar-refractivity contribution >= 4 is 29.1 Å². The highest BCUT2D eigenvalue weighted by atomic mass is 35.5. The van der Waals surface area contributed by atoms with Gasteiger partial charge in [-0.1, -0.05) is 11.6 Å². The first-order chi connectivity index (χ1) is 9.51. The fraction of sp³-hybridized carbons (Fsp3) is 0.429. The van der Waals surface area contributed by atoms with E-state index in [-0.39, 0.29) is 22.9 Å². The van der Waals surface area contributed by atoms with Gasteiger partial charge in [0.25, 0.3) is 0 Å². The van der Waals surface area contributed by atoms with E-state index in [9.17, 15) is 14.0 Å². The first-order valence-electron chi connectivity index (χ1n) is 6.59. The lowest BCUT2D eigenvalue weighted by atomic mass is 10.0. The first kappa shape index (κ1) is 13.4. The largest absolute Gasteiger partial charge is 0.352 e. The van der Waals surface area contributed by atoms with Crippen LogP contribution in [-0.4, -0.2) is 17.9 Å². The molecule has 2 fully saturated rings. The summed E-state index contributed by atoms with van der Waals surface area (Å²) in [6.07, 6.45) is 3.06. The molecule has 3 rings (SSSR count). The van der Waals surface area contributed by atoms with E-state index in [1.54, 1.807) is 0 Å². The molecule has 0 unspecified atom stereocenters. The van der Waals surface area contributed by atoms with Crippen molar-refractivity contribution in [1.82, 2.24) is 5.32 Å². The molecule has 0 spiro atoms. The predicted octanol–water partition coefficient (Wildman–Crippen LogP) is 2.48.